The van der Waals surface area contributed by atoms with Crippen molar-refractivity contribution in [2.75, 3.05) is 0 Å². The SMILES string of the molecule is [CH3][Sn]([CH3])([CH3])[c]1cc2ccccc2cn1. The molecule has 72 valence electrons. The Labute approximate surface area is 89.0 Å². The van der Waals surface area contributed by atoms with Crippen molar-refractivity contribution in [3.63, 3.8) is 0 Å². The van der Waals surface area contributed by atoms with E-state index in [1.807, 2.05) is 6.20 Å². The molecule has 0 spiro atoms. The fourth-order valence-electron chi connectivity index (χ4n) is 1.49. The average Bonchev–Trinajstić information content (AvgIpc) is 2.16. The number of aromatic nitrogens is 1. The molecule has 2 rings (SSSR count). The molecule has 0 bridgehead atoms. The van der Waals surface area contributed by atoms with Crippen molar-refractivity contribution in [2.45, 2.75) is 14.8 Å². The molecule has 0 aliphatic heterocycles. The molecule has 0 amide bonds. The molecule has 0 atom stereocenters. The van der Waals surface area contributed by atoms with Crippen LogP contribution in [0, 0.1) is 0 Å². The fraction of sp³-hybridized carbons (Fsp3) is 0.250. The van der Waals surface area contributed by atoms with Crippen molar-refractivity contribution in [1.29, 1.82) is 0 Å². The van der Waals surface area contributed by atoms with Gasteiger partial charge in [0.25, 0.3) is 0 Å². The van der Waals surface area contributed by atoms with Gasteiger partial charge in [0.1, 0.15) is 0 Å². The standard InChI is InChI=1S/C9H6N.3CH3.Sn/c1-2-4-9-7-10-6-5-8(9)3-1;;;;/h1-5,7H;3*1H3;. The monoisotopic (exact) mass is 293 g/mol. The maximum atomic E-state index is 4.57. The number of benzene rings is 1. The van der Waals surface area contributed by atoms with Gasteiger partial charge in [-0.25, -0.2) is 0 Å². The van der Waals surface area contributed by atoms with Crippen LogP contribution in [0.5, 0.6) is 0 Å². The van der Waals surface area contributed by atoms with Crippen LogP contribution in [-0.2, 0) is 0 Å². The molecule has 0 aliphatic carbocycles. The molecule has 1 aromatic carbocycles. The molecule has 14 heavy (non-hydrogen) atoms. The quantitative estimate of drug-likeness (QED) is 0.736. The zero-order valence-electron chi connectivity index (χ0n) is 8.91. The van der Waals surface area contributed by atoms with Crippen LogP contribution in [-0.4, -0.2) is 23.4 Å². The summed E-state index contributed by atoms with van der Waals surface area (Å²) in [5.41, 5.74) is 0. The first kappa shape index (κ1) is 9.96. The second-order valence-corrected chi connectivity index (χ2v) is 19.0. The Hall–Kier alpha value is -0.571. The molecule has 0 radical (unpaired) electrons. The summed E-state index contributed by atoms with van der Waals surface area (Å²) in [5, 5.41) is 2.57. The van der Waals surface area contributed by atoms with Gasteiger partial charge in [-0.05, 0) is 0 Å². The molecule has 2 aromatic rings. The first-order valence-corrected chi connectivity index (χ1v) is 14.9. The first-order valence-electron chi connectivity index (χ1n) is 4.93. The fourth-order valence-corrected chi connectivity index (χ4v) is 4.46. The van der Waals surface area contributed by atoms with E-state index in [4.69, 9.17) is 0 Å². The van der Waals surface area contributed by atoms with E-state index in [1.54, 1.807) is 0 Å². The molecule has 2 heteroatoms. The summed E-state index contributed by atoms with van der Waals surface area (Å²) < 4.78 is 1.36. The number of hydrogen-bond acceptors (Lipinski definition) is 1. The number of rotatable bonds is 1. The summed E-state index contributed by atoms with van der Waals surface area (Å²) in [6.07, 6.45) is 2.01. The van der Waals surface area contributed by atoms with Gasteiger partial charge >= 0.3 is 89.2 Å². The molecule has 1 nitrogen and oxygen atoms in total. The zero-order chi connectivity index (χ0) is 10.2. The minimum absolute atomic E-state index is 1.24. The van der Waals surface area contributed by atoms with Crippen LogP contribution in [0.2, 0.25) is 14.8 Å². The summed E-state index contributed by atoms with van der Waals surface area (Å²) in [6.45, 7) is 0. The number of fused-ring (bicyclic) bond motifs is 1. The summed E-state index contributed by atoms with van der Waals surface area (Å²) >= 11 is -1.97. The minimum atomic E-state index is -1.97. The Kier molecular flexibility index (Phi) is 2.52. The molecule has 0 fully saturated rings. The van der Waals surface area contributed by atoms with E-state index in [2.05, 4.69) is 50.1 Å². The molecule has 0 saturated carbocycles. The van der Waals surface area contributed by atoms with Gasteiger partial charge < -0.3 is 0 Å². The van der Waals surface area contributed by atoms with E-state index < -0.39 is 18.4 Å². The number of hydrogen-bond donors (Lipinski definition) is 0. The summed E-state index contributed by atoms with van der Waals surface area (Å²) in [7, 11) is 0. The Morgan fingerprint density at radius 2 is 1.64 bits per heavy atom. The normalized spacial score (nSPS) is 11.9. The predicted octanol–water partition coefficient (Wildman–Crippen LogP) is 2.78. The molecule has 0 N–H and O–H groups in total. The van der Waals surface area contributed by atoms with Crippen molar-refractivity contribution >= 4 is 32.9 Å². The van der Waals surface area contributed by atoms with Gasteiger partial charge in [-0.15, -0.1) is 0 Å². The van der Waals surface area contributed by atoms with Crippen LogP contribution in [0.3, 0.4) is 0 Å². The topological polar surface area (TPSA) is 12.9 Å². The van der Waals surface area contributed by atoms with E-state index in [-0.39, 0.29) is 0 Å². The van der Waals surface area contributed by atoms with Gasteiger partial charge in [0.15, 0.2) is 0 Å². The molecule has 1 aromatic heterocycles. The third kappa shape index (κ3) is 1.92. The molecule has 1 heterocycles. The molecular weight excluding hydrogens is 277 g/mol. The maximum absolute atomic E-state index is 4.57. The summed E-state index contributed by atoms with van der Waals surface area (Å²) in [5.74, 6) is 0. The van der Waals surface area contributed by atoms with Crippen molar-refractivity contribution in [3.8, 4) is 0 Å². The van der Waals surface area contributed by atoms with E-state index >= 15 is 0 Å². The van der Waals surface area contributed by atoms with E-state index in [0.717, 1.165) is 0 Å². The Balaban J connectivity index is 2.63. The first-order chi connectivity index (χ1) is 6.57. The number of nitrogens with zero attached hydrogens (tertiary/aromatic N) is 1. The van der Waals surface area contributed by atoms with Gasteiger partial charge in [0.2, 0.25) is 0 Å². The van der Waals surface area contributed by atoms with Gasteiger partial charge in [0.05, 0.1) is 0 Å². The van der Waals surface area contributed by atoms with E-state index in [9.17, 15) is 0 Å². The van der Waals surface area contributed by atoms with E-state index in [0.29, 0.717) is 0 Å². The van der Waals surface area contributed by atoms with Crippen LogP contribution in [0.1, 0.15) is 0 Å². The van der Waals surface area contributed by atoms with Crippen molar-refractivity contribution in [2.24, 2.45) is 0 Å². The third-order valence-corrected chi connectivity index (χ3v) is 7.57. The van der Waals surface area contributed by atoms with Crippen LogP contribution in [0.15, 0.2) is 36.5 Å². The van der Waals surface area contributed by atoms with Gasteiger partial charge in [-0.2, -0.15) is 0 Å². The Morgan fingerprint density at radius 3 is 2.29 bits per heavy atom. The second-order valence-electron chi connectivity index (χ2n) is 4.67. The zero-order valence-corrected chi connectivity index (χ0v) is 11.8. The Morgan fingerprint density at radius 1 is 1.00 bits per heavy atom. The molecule has 0 unspecified atom stereocenters. The third-order valence-electron chi connectivity index (χ3n) is 2.40. The molecular formula is C12H15NSn. The second kappa shape index (κ2) is 3.54. The predicted molar refractivity (Wildman–Crippen MR) is 64.7 cm³/mol. The van der Waals surface area contributed by atoms with Crippen LogP contribution < -0.4 is 3.71 Å². The Bertz CT molecular complexity index is 457. The molecule has 0 aliphatic rings. The average molecular weight is 292 g/mol. The van der Waals surface area contributed by atoms with Crippen LogP contribution in [0.25, 0.3) is 10.8 Å². The van der Waals surface area contributed by atoms with E-state index in [1.165, 1.54) is 14.5 Å². The van der Waals surface area contributed by atoms with Gasteiger partial charge in [-0.1, -0.05) is 0 Å². The molecule has 0 saturated heterocycles. The van der Waals surface area contributed by atoms with Gasteiger partial charge in [0, 0.05) is 0 Å². The van der Waals surface area contributed by atoms with Crippen molar-refractivity contribution in [3.05, 3.63) is 36.5 Å². The summed E-state index contributed by atoms with van der Waals surface area (Å²) in [4.78, 5) is 11.8. The summed E-state index contributed by atoms with van der Waals surface area (Å²) in [6, 6.07) is 10.7. The van der Waals surface area contributed by atoms with Crippen molar-refractivity contribution in [1.82, 2.24) is 4.98 Å². The van der Waals surface area contributed by atoms with Crippen LogP contribution >= 0.6 is 0 Å². The van der Waals surface area contributed by atoms with Crippen molar-refractivity contribution < 1.29 is 0 Å². The van der Waals surface area contributed by atoms with Crippen LogP contribution in [0.4, 0.5) is 0 Å². The van der Waals surface area contributed by atoms with Gasteiger partial charge in [-0.3, -0.25) is 0 Å². The number of pyridine rings is 1.